The molecule has 0 amide bonds. The van der Waals surface area contributed by atoms with Crippen molar-refractivity contribution < 1.29 is 4.39 Å². The maximum absolute atomic E-state index is 13.2. The van der Waals surface area contributed by atoms with E-state index in [9.17, 15) is 4.39 Å². The molecule has 7 nitrogen and oxygen atoms in total. The zero-order valence-electron chi connectivity index (χ0n) is 14.5. The van der Waals surface area contributed by atoms with Gasteiger partial charge in [0.2, 0.25) is 11.6 Å². The molecule has 5 rings (SSSR count). The SMILES string of the molecule is CC1Cn2c(-c3ccc(F)cn3)nnc2-c2nnc(-c3ccc(Cl)cc3Cl)n21. The molecule has 0 saturated carbocycles. The molecule has 1 unspecified atom stereocenters. The number of nitrogens with zero attached hydrogens (tertiary/aromatic N) is 7. The molecule has 1 aliphatic heterocycles. The molecule has 0 radical (unpaired) electrons. The summed E-state index contributed by atoms with van der Waals surface area (Å²) < 4.78 is 17.1. The van der Waals surface area contributed by atoms with Crippen molar-refractivity contribution in [1.82, 2.24) is 34.5 Å². The van der Waals surface area contributed by atoms with Crippen LogP contribution in [0.1, 0.15) is 13.0 Å². The summed E-state index contributed by atoms with van der Waals surface area (Å²) in [6.45, 7) is 2.63. The van der Waals surface area contributed by atoms with E-state index in [2.05, 4.69) is 25.4 Å². The van der Waals surface area contributed by atoms with Gasteiger partial charge in [-0.15, -0.1) is 20.4 Å². The number of aromatic nitrogens is 7. The summed E-state index contributed by atoms with van der Waals surface area (Å²) in [5.74, 6) is 1.95. The molecule has 10 heteroatoms. The van der Waals surface area contributed by atoms with E-state index in [0.717, 1.165) is 11.8 Å². The van der Waals surface area contributed by atoms with Crippen LogP contribution in [0.2, 0.25) is 10.0 Å². The number of hydrogen-bond donors (Lipinski definition) is 0. The molecule has 3 aromatic heterocycles. The van der Waals surface area contributed by atoms with Crippen LogP contribution < -0.4 is 0 Å². The van der Waals surface area contributed by atoms with Crippen molar-refractivity contribution in [3.8, 4) is 34.6 Å². The van der Waals surface area contributed by atoms with Crippen LogP contribution >= 0.6 is 23.2 Å². The van der Waals surface area contributed by atoms with Gasteiger partial charge in [0.15, 0.2) is 11.6 Å². The lowest BCUT2D eigenvalue weighted by Crippen LogP contribution is -2.22. The second kappa shape index (κ2) is 6.35. The number of rotatable bonds is 2. The van der Waals surface area contributed by atoms with E-state index < -0.39 is 5.82 Å². The second-order valence-corrected chi connectivity index (χ2v) is 7.35. The Morgan fingerprint density at radius 2 is 1.71 bits per heavy atom. The van der Waals surface area contributed by atoms with Crippen molar-refractivity contribution in [2.75, 3.05) is 0 Å². The van der Waals surface area contributed by atoms with Gasteiger partial charge in [-0.1, -0.05) is 23.2 Å². The first-order chi connectivity index (χ1) is 13.5. The van der Waals surface area contributed by atoms with E-state index in [1.807, 2.05) is 22.1 Å². The highest BCUT2D eigenvalue weighted by Crippen LogP contribution is 2.37. The Labute approximate surface area is 168 Å². The molecule has 0 saturated heterocycles. The summed E-state index contributed by atoms with van der Waals surface area (Å²) in [6, 6.07) is 8.19. The van der Waals surface area contributed by atoms with Crippen molar-refractivity contribution in [2.24, 2.45) is 0 Å². The lowest BCUT2D eigenvalue weighted by Gasteiger charge is -2.24. The summed E-state index contributed by atoms with van der Waals surface area (Å²) in [4.78, 5) is 4.11. The van der Waals surface area contributed by atoms with Gasteiger partial charge in [-0.2, -0.15) is 0 Å². The number of benzene rings is 1. The van der Waals surface area contributed by atoms with Gasteiger partial charge in [-0.05, 0) is 37.3 Å². The van der Waals surface area contributed by atoms with Crippen LogP contribution in [0, 0.1) is 5.82 Å². The molecule has 28 heavy (non-hydrogen) atoms. The van der Waals surface area contributed by atoms with Crippen molar-refractivity contribution in [2.45, 2.75) is 19.5 Å². The third kappa shape index (κ3) is 2.60. The topological polar surface area (TPSA) is 74.3 Å². The molecule has 1 aliphatic rings. The Balaban J connectivity index is 1.65. The lowest BCUT2D eigenvalue weighted by atomic mass is 10.1. The van der Waals surface area contributed by atoms with Crippen LogP contribution in [-0.4, -0.2) is 34.5 Å². The van der Waals surface area contributed by atoms with E-state index in [1.54, 1.807) is 18.2 Å². The van der Waals surface area contributed by atoms with Crippen molar-refractivity contribution >= 4 is 23.2 Å². The molecule has 1 aromatic carbocycles. The van der Waals surface area contributed by atoms with Crippen LogP contribution in [0.5, 0.6) is 0 Å². The Hall–Kier alpha value is -2.84. The van der Waals surface area contributed by atoms with E-state index in [4.69, 9.17) is 23.2 Å². The van der Waals surface area contributed by atoms with E-state index >= 15 is 0 Å². The van der Waals surface area contributed by atoms with Crippen LogP contribution in [0.3, 0.4) is 0 Å². The minimum atomic E-state index is -0.403. The fourth-order valence-corrected chi connectivity index (χ4v) is 3.89. The highest BCUT2D eigenvalue weighted by atomic mass is 35.5. The number of pyridine rings is 1. The van der Waals surface area contributed by atoms with Gasteiger partial charge in [-0.25, -0.2) is 9.37 Å². The first-order valence-corrected chi connectivity index (χ1v) is 9.24. The normalized spacial score (nSPS) is 15.4. The minimum Gasteiger partial charge on any atom is -0.301 e. The summed E-state index contributed by atoms with van der Waals surface area (Å²) in [5, 5.41) is 18.2. The van der Waals surface area contributed by atoms with Gasteiger partial charge in [0.05, 0.1) is 17.3 Å². The molecule has 1 atom stereocenters. The largest absolute Gasteiger partial charge is 0.301 e. The zero-order chi connectivity index (χ0) is 19.4. The van der Waals surface area contributed by atoms with Crippen LogP contribution in [-0.2, 0) is 6.54 Å². The quantitative estimate of drug-likeness (QED) is 0.488. The van der Waals surface area contributed by atoms with Crippen molar-refractivity contribution in [1.29, 1.82) is 0 Å². The molecule has 0 spiro atoms. The molecule has 0 fully saturated rings. The molecule has 0 aliphatic carbocycles. The van der Waals surface area contributed by atoms with Crippen LogP contribution in [0.25, 0.3) is 34.6 Å². The Morgan fingerprint density at radius 1 is 0.964 bits per heavy atom. The standard InChI is InChI=1S/C18H12Cl2FN7/c1-9-8-27-16(14-5-3-11(21)7-22-14)24-25-17(27)18-26-23-15(28(9)18)12-4-2-10(19)6-13(12)20/h2-7,9H,8H2,1H3. The summed E-state index contributed by atoms with van der Waals surface area (Å²) in [7, 11) is 0. The fourth-order valence-electron chi connectivity index (χ4n) is 3.40. The fraction of sp³-hybridized carbons (Fsp3) is 0.167. The smallest absolute Gasteiger partial charge is 0.202 e. The maximum atomic E-state index is 13.2. The van der Waals surface area contributed by atoms with Crippen LogP contribution in [0.4, 0.5) is 4.39 Å². The Morgan fingerprint density at radius 3 is 2.46 bits per heavy atom. The number of hydrogen-bond acceptors (Lipinski definition) is 5. The molecule has 0 bridgehead atoms. The van der Waals surface area contributed by atoms with E-state index in [1.165, 1.54) is 6.07 Å². The van der Waals surface area contributed by atoms with Gasteiger partial charge < -0.3 is 4.57 Å². The van der Waals surface area contributed by atoms with Crippen LogP contribution in [0.15, 0.2) is 36.5 Å². The third-order valence-corrected chi connectivity index (χ3v) is 5.21. The van der Waals surface area contributed by atoms with Gasteiger partial charge in [0.1, 0.15) is 11.5 Å². The predicted molar refractivity (Wildman–Crippen MR) is 102 cm³/mol. The lowest BCUT2D eigenvalue weighted by molar-refractivity contribution is 0.450. The summed E-state index contributed by atoms with van der Waals surface area (Å²) >= 11 is 12.4. The number of halogens is 3. The highest BCUT2D eigenvalue weighted by molar-refractivity contribution is 6.36. The molecule has 4 aromatic rings. The first kappa shape index (κ1) is 17.3. The first-order valence-electron chi connectivity index (χ1n) is 8.49. The van der Waals surface area contributed by atoms with Gasteiger partial charge >= 0.3 is 0 Å². The minimum absolute atomic E-state index is 0.00874. The van der Waals surface area contributed by atoms with Crippen molar-refractivity contribution in [3.05, 3.63) is 52.4 Å². The molecule has 0 N–H and O–H groups in total. The summed E-state index contributed by atoms with van der Waals surface area (Å²) in [5.41, 5.74) is 1.28. The predicted octanol–water partition coefficient (Wildman–Crippen LogP) is 4.29. The monoisotopic (exact) mass is 415 g/mol. The van der Waals surface area contributed by atoms with E-state index in [0.29, 0.717) is 45.6 Å². The van der Waals surface area contributed by atoms with E-state index in [-0.39, 0.29) is 6.04 Å². The Kier molecular flexibility index (Phi) is 3.92. The Bertz CT molecular complexity index is 1200. The average molecular weight is 416 g/mol. The highest BCUT2D eigenvalue weighted by Gasteiger charge is 2.31. The zero-order valence-corrected chi connectivity index (χ0v) is 16.0. The summed E-state index contributed by atoms with van der Waals surface area (Å²) in [6.07, 6.45) is 1.16. The second-order valence-electron chi connectivity index (χ2n) is 6.51. The molecule has 140 valence electrons. The number of fused-ring (bicyclic) bond motifs is 3. The average Bonchev–Trinajstić information content (AvgIpc) is 3.27. The third-order valence-electron chi connectivity index (χ3n) is 4.66. The molecule has 4 heterocycles. The van der Waals surface area contributed by atoms with Gasteiger partial charge in [0, 0.05) is 17.1 Å². The maximum Gasteiger partial charge on any atom is 0.202 e. The van der Waals surface area contributed by atoms with Crippen molar-refractivity contribution in [3.63, 3.8) is 0 Å². The van der Waals surface area contributed by atoms with Gasteiger partial charge in [0.25, 0.3) is 0 Å². The molecular formula is C18H12Cl2FN7. The molecular weight excluding hydrogens is 404 g/mol. The van der Waals surface area contributed by atoms with Gasteiger partial charge in [-0.3, -0.25) is 4.57 Å².